The highest BCUT2D eigenvalue weighted by molar-refractivity contribution is 5.80. The molecule has 0 amide bonds. The van der Waals surface area contributed by atoms with Crippen LogP contribution in [0.25, 0.3) is 11.3 Å². The van der Waals surface area contributed by atoms with Gasteiger partial charge in [-0.3, -0.25) is 4.98 Å². The molecule has 1 heterocycles. The average molecular weight is 382 g/mol. The number of rotatable bonds is 6. The van der Waals surface area contributed by atoms with Crippen LogP contribution in [0.15, 0.2) is 97.2 Å². The highest BCUT2D eigenvalue weighted by atomic mass is 16.5. The summed E-state index contributed by atoms with van der Waals surface area (Å²) in [7, 11) is 3.33. The van der Waals surface area contributed by atoms with Gasteiger partial charge in [-0.1, -0.05) is 36.4 Å². The van der Waals surface area contributed by atoms with Crippen LogP contribution < -0.4 is 14.4 Å². The van der Waals surface area contributed by atoms with Crippen molar-refractivity contribution in [3.63, 3.8) is 0 Å². The number of methoxy groups -OCH3 is 2. The van der Waals surface area contributed by atoms with E-state index in [0.717, 1.165) is 39.8 Å². The van der Waals surface area contributed by atoms with Crippen molar-refractivity contribution in [3.05, 3.63) is 97.2 Å². The van der Waals surface area contributed by atoms with Crippen molar-refractivity contribution in [1.29, 1.82) is 0 Å². The highest BCUT2D eigenvalue weighted by Gasteiger charge is 2.16. The number of anilines is 3. The molecule has 29 heavy (non-hydrogen) atoms. The second kappa shape index (κ2) is 8.48. The third-order valence-corrected chi connectivity index (χ3v) is 4.72. The van der Waals surface area contributed by atoms with Crippen molar-refractivity contribution in [1.82, 2.24) is 4.98 Å². The summed E-state index contributed by atoms with van der Waals surface area (Å²) in [6.07, 6.45) is 1.74. The number of aromatic nitrogens is 1. The van der Waals surface area contributed by atoms with Crippen LogP contribution in [0.1, 0.15) is 0 Å². The molecule has 0 N–H and O–H groups in total. The van der Waals surface area contributed by atoms with Gasteiger partial charge in [0.05, 0.1) is 19.9 Å². The third kappa shape index (κ3) is 3.92. The van der Waals surface area contributed by atoms with Gasteiger partial charge in [0.15, 0.2) is 0 Å². The molecule has 0 saturated carbocycles. The molecule has 4 rings (SSSR count). The Hall–Kier alpha value is -3.79. The van der Waals surface area contributed by atoms with Gasteiger partial charge in [-0.15, -0.1) is 0 Å². The molecule has 0 aliphatic carbocycles. The predicted octanol–water partition coefficient (Wildman–Crippen LogP) is 6.24. The van der Waals surface area contributed by atoms with E-state index in [9.17, 15) is 0 Å². The van der Waals surface area contributed by atoms with Crippen molar-refractivity contribution < 1.29 is 9.47 Å². The minimum Gasteiger partial charge on any atom is -0.497 e. The zero-order valence-electron chi connectivity index (χ0n) is 16.4. The molecule has 0 aliphatic heterocycles. The number of hydrogen-bond donors (Lipinski definition) is 0. The Balaban J connectivity index is 1.82. The topological polar surface area (TPSA) is 34.6 Å². The van der Waals surface area contributed by atoms with E-state index < -0.39 is 0 Å². The monoisotopic (exact) mass is 382 g/mol. The number of hydrogen-bond acceptors (Lipinski definition) is 4. The fraction of sp³-hybridized carbons (Fsp3) is 0.0800. The first-order valence-corrected chi connectivity index (χ1v) is 9.39. The van der Waals surface area contributed by atoms with Gasteiger partial charge in [0.2, 0.25) is 0 Å². The second-order valence-electron chi connectivity index (χ2n) is 6.47. The molecule has 0 radical (unpaired) electrons. The minimum atomic E-state index is 0.750. The summed E-state index contributed by atoms with van der Waals surface area (Å²) < 4.78 is 11.1. The van der Waals surface area contributed by atoms with E-state index in [1.165, 1.54) is 0 Å². The molecule has 4 aromatic rings. The fourth-order valence-corrected chi connectivity index (χ4v) is 3.32. The quantitative estimate of drug-likeness (QED) is 0.396. The fourth-order valence-electron chi connectivity index (χ4n) is 3.32. The van der Waals surface area contributed by atoms with E-state index >= 15 is 0 Å². The molecule has 0 saturated heterocycles. The Labute approximate surface area is 171 Å². The molecule has 4 heteroatoms. The van der Waals surface area contributed by atoms with Gasteiger partial charge in [-0.2, -0.15) is 0 Å². The van der Waals surface area contributed by atoms with Gasteiger partial charge >= 0.3 is 0 Å². The maximum atomic E-state index is 5.73. The van der Waals surface area contributed by atoms with Crippen LogP contribution in [0.2, 0.25) is 0 Å². The zero-order valence-corrected chi connectivity index (χ0v) is 16.4. The predicted molar refractivity (Wildman–Crippen MR) is 117 cm³/mol. The van der Waals surface area contributed by atoms with Crippen molar-refractivity contribution in [2.45, 2.75) is 0 Å². The standard InChI is InChI=1S/C25H22N2O2/c1-28-22-15-16-26-24(18-22)23-14-13-21(17-25(23)29-2)27(19-9-5-3-6-10-19)20-11-7-4-8-12-20/h3-18H,1-2H3. The molecule has 1 aromatic heterocycles. The first-order valence-electron chi connectivity index (χ1n) is 9.39. The lowest BCUT2D eigenvalue weighted by molar-refractivity contribution is 0.413. The first kappa shape index (κ1) is 18.6. The van der Waals surface area contributed by atoms with Crippen molar-refractivity contribution in [2.75, 3.05) is 19.1 Å². The summed E-state index contributed by atoms with van der Waals surface area (Å²) in [5.41, 5.74) is 4.88. The van der Waals surface area contributed by atoms with Crippen LogP contribution in [0.5, 0.6) is 11.5 Å². The maximum absolute atomic E-state index is 5.73. The van der Waals surface area contributed by atoms with Crippen LogP contribution in [-0.2, 0) is 0 Å². The molecule has 0 unspecified atom stereocenters. The molecule has 144 valence electrons. The highest BCUT2D eigenvalue weighted by Crippen LogP contribution is 2.39. The molecule has 0 atom stereocenters. The Kier molecular flexibility index (Phi) is 5.43. The summed E-state index contributed by atoms with van der Waals surface area (Å²) >= 11 is 0. The number of pyridine rings is 1. The number of para-hydroxylation sites is 2. The van der Waals surface area contributed by atoms with E-state index in [2.05, 4.69) is 40.2 Å². The molecular weight excluding hydrogens is 360 g/mol. The van der Waals surface area contributed by atoms with E-state index in [4.69, 9.17) is 9.47 Å². The van der Waals surface area contributed by atoms with Crippen LogP contribution in [0.3, 0.4) is 0 Å². The van der Waals surface area contributed by atoms with E-state index in [0.29, 0.717) is 0 Å². The van der Waals surface area contributed by atoms with E-state index in [-0.39, 0.29) is 0 Å². The molecule has 4 nitrogen and oxygen atoms in total. The number of nitrogens with zero attached hydrogens (tertiary/aromatic N) is 2. The van der Waals surface area contributed by atoms with Crippen molar-refractivity contribution >= 4 is 17.1 Å². The normalized spacial score (nSPS) is 10.4. The minimum absolute atomic E-state index is 0.750. The Bertz CT molecular complexity index is 1040. The summed E-state index contributed by atoms with van der Waals surface area (Å²) in [5, 5.41) is 0. The van der Waals surface area contributed by atoms with Gasteiger partial charge in [-0.25, -0.2) is 0 Å². The second-order valence-corrected chi connectivity index (χ2v) is 6.47. The lowest BCUT2D eigenvalue weighted by Crippen LogP contribution is -2.10. The van der Waals surface area contributed by atoms with Crippen molar-refractivity contribution in [2.24, 2.45) is 0 Å². The van der Waals surface area contributed by atoms with Gasteiger partial charge in [0.25, 0.3) is 0 Å². The summed E-state index contributed by atoms with van der Waals surface area (Å²) in [6.45, 7) is 0. The zero-order chi connectivity index (χ0) is 20.1. The first-order chi connectivity index (χ1) is 14.3. The summed E-state index contributed by atoms with van der Waals surface area (Å²) in [4.78, 5) is 6.68. The molecule has 3 aromatic carbocycles. The number of benzene rings is 3. The van der Waals surface area contributed by atoms with Crippen LogP contribution in [-0.4, -0.2) is 19.2 Å². The molecule has 0 fully saturated rings. The molecular formula is C25H22N2O2. The van der Waals surface area contributed by atoms with Crippen molar-refractivity contribution in [3.8, 4) is 22.8 Å². The largest absolute Gasteiger partial charge is 0.497 e. The Morgan fingerprint density at radius 1 is 0.655 bits per heavy atom. The number of ether oxygens (including phenoxy) is 2. The smallest absolute Gasteiger partial charge is 0.130 e. The van der Waals surface area contributed by atoms with Gasteiger partial charge in [-0.05, 0) is 42.5 Å². The van der Waals surface area contributed by atoms with Gasteiger partial charge < -0.3 is 14.4 Å². The molecule has 0 bridgehead atoms. The SMILES string of the molecule is COc1ccnc(-c2ccc(N(c3ccccc3)c3ccccc3)cc2OC)c1. The lowest BCUT2D eigenvalue weighted by atomic mass is 10.1. The lowest BCUT2D eigenvalue weighted by Gasteiger charge is -2.26. The van der Waals surface area contributed by atoms with Crippen LogP contribution >= 0.6 is 0 Å². The van der Waals surface area contributed by atoms with Gasteiger partial charge in [0.1, 0.15) is 11.5 Å². The van der Waals surface area contributed by atoms with E-state index in [1.807, 2.05) is 60.7 Å². The maximum Gasteiger partial charge on any atom is 0.130 e. The van der Waals surface area contributed by atoms with Crippen LogP contribution in [0, 0.1) is 0 Å². The summed E-state index contributed by atoms with van der Waals surface area (Å²) in [6, 6.07) is 30.5. The Morgan fingerprint density at radius 2 is 1.31 bits per heavy atom. The molecule has 0 aliphatic rings. The Morgan fingerprint density at radius 3 is 1.90 bits per heavy atom. The van der Waals surface area contributed by atoms with Gasteiger partial charge in [0, 0.05) is 41.0 Å². The average Bonchev–Trinajstić information content (AvgIpc) is 2.80. The summed E-state index contributed by atoms with van der Waals surface area (Å²) in [5.74, 6) is 1.51. The van der Waals surface area contributed by atoms with E-state index in [1.54, 1.807) is 20.4 Å². The third-order valence-electron chi connectivity index (χ3n) is 4.72. The molecule has 0 spiro atoms. The van der Waals surface area contributed by atoms with Crippen LogP contribution in [0.4, 0.5) is 17.1 Å².